The highest BCUT2D eigenvalue weighted by Gasteiger charge is 2.40. The van der Waals surface area contributed by atoms with Crippen LogP contribution in [0, 0.1) is 17.8 Å². The van der Waals surface area contributed by atoms with Crippen molar-refractivity contribution >= 4 is 149 Å². The van der Waals surface area contributed by atoms with Gasteiger partial charge in [0, 0.05) is 54.4 Å². The fraction of sp³-hybridized carbons (Fsp3) is 0.635. The lowest BCUT2D eigenvalue weighted by Crippen LogP contribution is -2.63. The Morgan fingerprint density at radius 2 is 0.810 bits per heavy atom. The first-order valence-corrected chi connectivity index (χ1v) is 40.6. The van der Waals surface area contributed by atoms with Crippen LogP contribution in [0.4, 0.5) is 0 Å². The second kappa shape index (κ2) is 54.3. The number of nitrogens with two attached hydrogens (primary N) is 6. The molecule has 2 aromatic rings. The molecule has 0 saturated heterocycles. The first-order chi connectivity index (χ1) is 56.9. The number of aromatic amines is 1. The van der Waals surface area contributed by atoms with Gasteiger partial charge in [0.2, 0.25) is 94.5 Å². The van der Waals surface area contributed by atoms with Gasteiger partial charge < -0.3 is 139 Å². The molecule has 121 heavy (non-hydrogen) atoms. The fourth-order valence-corrected chi connectivity index (χ4v) is 12.3. The van der Waals surface area contributed by atoms with Gasteiger partial charge in [-0.05, 0) is 108 Å². The summed E-state index contributed by atoms with van der Waals surface area (Å²) in [5, 5.41) is 86.0. The predicted molar refractivity (Wildman–Crippen MR) is 444 cm³/mol. The third-order valence-corrected chi connectivity index (χ3v) is 19.5. The number of guanidine groups is 1. The van der Waals surface area contributed by atoms with Crippen LogP contribution in [0.15, 0.2) is 35.5 Å². The van der Waals surface area contributed by atoms with Crippen molar-refractivity contribution in [3.05, 3.63) is 36.0 Å². The number of primary amides is 2. The Morgan fingerprint density at radius 1 is 0.446 bits per heavy atom. The molecule has 47 heteroatoms. The van der Waals surface area contributed by atoms with Gasteiger partial charge in [-0.25, -0.2) is 4.79 Å². The van der Waals surface area contributed by atoms with E-state index in [1.54, 1.807) is 65.8 Å². The Morgan fingerprint density at radius 3 is 1.21 bits per heavy atom. The molecule has 1 heterocycles. The molecule has 0 fully saturated rings. The van der Waals surface area contributed by atoms with E-state index in [0.717, 1.165) is 6.92 Å². The molecule has 16 amide bonds. The molecule has 0 spiro atoms. The van der Waals surface area contributed by atoms with Crippen LogP contribution < -0.4 is 109 Å². The van der Waals surface area contributed by atoms with Gasteiger partial charge in [-0.1, -0.05) is 66.2 Å². The number of hydrogen-bond acceptors (Lipinski definition) is 26. The Labute approximate surface area is 709 Å². The van der Waals surface area contributed by atoms with Gasteiger partial charge in [0.15, 0.2) is 5.96 Å². The maximum atomic E-state index is 14.6. The molecule has 32 N–H and O–H groups in total. The number of aromatic nitrogens is 1. The van der Waals surface area contributed by atoms with E-state index in [-0.39, 0.29) is 76.2 Å². The number of unbranched alkanes of at least 4 members (excludes halogenated alkanes) is 1. The number of aliphatic carboxylic acids is 2. The lowest BCUT2D eigenvalue weighted by molar-refractivity contribution is -0.144. The summed E-state index contributed by atoms with van der Waals surface area (Å²) in [6.07, 6.45) is -3.45. The highest BCUT2D eigenvalue weighted by Crippen LogP contribution is 2.21. The lowest BCUT2D eigenvalue weighted by Gasteiger charge is -2.29. The lowest BCUT2D eigenvalue weighted by atomic mass is 9.99. The van der Waals surface area contributed by atoms with Crippen molar-refractivity contribution in [2.45, 2.75) is 242 Å². The number of benzene rings is 1. The molecular formula is C74H122N22O23S2. The van der Waals surface area contributed by atoms with Crippen molar-refractivity contribution in [1.82, 2.24) is 79.4 Å². The zero-order valence-electron chi connectivity index (χ0n) is 68.9. The van der Waals surface area contributed by atoms with Crippen LogP contribution in [-0.2, 0) is 92.7 Å². The molecule has 0 radical (unpaired) electrons. The van der Waals surface area contributed by atoms with Crippen molar-refractivity contribution < 1.29 is 112 Å². The number of carbonyl (C=O) groups is 18. The molecule has 17 atom stereocenters. The number of carboxylic acids is 2. The number of thiol groups is 2. The Bertz CT molecular complexity index is 3900. The number of aliphatic hydroxyl groups is 3. The third kappa shape index (κ3) is 38.1. The Kier molecular flexibility index (Phi) is 47.6. The molecular weight excluding hydrogens is 1630 g/mol. The molecule has 0 aliphatic carbocycles. The normalized spacial score (nSPS) is 15.4. The summed E-state index contributed by atoms with van der Waals surface area (Å²) in [7, 11) is 0. The summed E-state index contributed by atoms with van der Waals surface area (Å²) in [6.45, 7) is 9.98. The van der Waals surface area contributed by atoms with Crippen molar-refractivity contribution in [2.75, 3.05) is 37.8 Å². The quantitative estimate of drug-likeness (QED) is 0.0127. The molecule has 0 saturated carbocycles. The largest absolute Gasteiger partial charge is 0.481 e. The summed E-state index contributed by atoms with van der Waals surface area (Å²) in [5.41, 5.74) is 33.9. The van der Waals surface area contributed by atoms with E-state index < -0.39 is 266 Å². The molecule has 2 rings (SSSR count). The monoisotopic (exact) mass is 1750 g/mol. The second-order valence-corrected chi connectivity index (χ2v) is 30.6. The zero-order chi connectivity index (χ0) is 91.7. The van der Waals surface area contributed by atoms with Crippen LogP contribution in [0.3, 0.4) is 0 Å². The molecule has 45 nitrogen and oxygen atoms in total. The van der Waals surface area contributed by atoms with E-state index in [9.17, 15) is 112 Å². The highest BCUT2D eigenvalue weighted by molar-refractivity contribution is 7.80. The number of para-hydroxylation sites is 1. The summed E-state index contributed by atoms with van der Waals surface area (Å²) < 4.78 is 0. The second-order valence-electron chi connectivity index (χ2n) is 29.9. The number of rotatable bonds is 58. The fourth-order valence-electron chi connectivity index (χ4n) is 11.8. The number of nitrogens with one attached hydrogen (secondary N) is 15. The van der Waals surface area contributed by atoms with Crippen molar-refractivity contribution in [1.29, 1.82) is 0 Å². The molecule has 1 aromatic heterocycles. The van der Waals surface area contributed by atoms with E-state index in [2.05, 4.69) is 110 Å². The molecule has 0 unspecified atom stereocenters. The molecule has 678 valence electrons. The van der Waals surface area contributed by atoms with Gasteiger partial charge in [-0.15, -0.1) is 0 Å². The zero-order valence-corrected chi connectivity index (χ0v) is 70.7. The third-order valence-electron chi connectivity index (χ3n) is 18.7. The number of amides is 16. The van der Waals surface area contributed by atoms with Crippen LogP contribution >= 0.6 is 25.3 Å². The average molecular weight is 1750 g/mol. The van der Waals surface area contributed by atoms with Gasteiger partial charge in [0.05, 0.1) is 31.8 Å². The predicted octanol–water partition coefficient (Wildman–Crippen LogP) is -8.52. The van der Waals surface area contributed by atoms with Crippen molar-refractivity contribution in [3.63, 3.8) is 0 Å². The summed E-state index contributed by atoms with van der Waals surface area (Å²) in [4.78, 5) is 251. The molecule has 1 aromatic carbocycles. The number of carbonyl (C=O) groups excluding carboxylic acids is 16. The smallest absolute Gasteiger partial charge is 0.326 e. The van der Waals surface area contributed by atoms with E-state index in [4.69, 9.17) is 34.4 Å². The number of hydrogen-bond donors (Lipinski definition) is 28. The molecule has 0 aliphatic heterocycles. The Balaban J connectivity index is 2.52. The first-order valence-electron chi connectivity index (χ1n) is 39.3. The van der Waals surface area contributed by atoms with Crippen molar-refractivity contribution in [3.8, 4) is 0 Å². The molecule has 0 bridgehead atoms. The first kappa shape index (κ1) is 106. The summed E-state index contributed by atoms with van der Waals surface area (Å²) >= 11 is 8.37. The van der Waals surface area contributed by atoms with Crippen molar-refractivity contribution in [2.24, 2.45) is 57.1 Å². The summed E-state index contributed by atoms with van der Waals surface area (Å²) in [5.74, 6) is -22.9. The highest BCUT2D eigenvalue weighted by atomic mass is 32.1. The SMILES string of the molecule is CC[C@H](C)[C@H](NC(=O)[C@H](CS)NC(=O)[C@H](CCCN=C(N)N)NC(=O)[C@H](CO)NC(=O)[C@H](CC(C)C)NC(=O)[C@H](CC(C)C)NC(=O)[C@H](CC(=O)O)NC(=O)[C@H](CO)NC(=O)[C@H](Cc1c[nH]c2ccccc12)NC(=O)[C@@H](NC(=O)[C@H](CS)NC(=O)[C@H](CCC(N)=O)NC(=O)[C@H](CCCCN)NC(=O)[C@H](CCC(N)=O)NC(=O)[C@H](C)N)[C@@H](C)O)C(=O)O. The van der Waals surface area contributed by atoms with Gasteiger partial charge >= 0.3 is 11.9 Å². The maximum absolute atomic E-state index is 14.6. The number of H-pyrrole nitrogens is 1. The van der Waals surface area contributed by atoms with E-state index in [1.165, 1.54) is 13.1 Å². The molecule has 0 aliphatic rings. The van der Waals surface area contributed by atoms with Gasteiger partial charge in [-0.3, -0.25) is 86.5 Å². The van der Waals surface area contributed by atoms with Crippen LogP contribution in [0.5, 0.6) is 0 Å². The van der Waals surface area contributed by atoms with Gasteiger partial charge in [0.1, 0.15) is 84.6 Å². The minimum absolute atomic E-state index is 0.0371. The number of aliphatic imine (C=N–C) groups is 1. The number of carboxylic acid groups (broad SMARTS) is 2. The standard InChI is InChI=1S/C74H122N22O23S2/c1-9-36(6)57(73(118)119)95-70(115)52(32-120)93-61(106)43(18-14-24-81-74(79)80)85-68(113)50(30-97)91-65(110)47(26-35(4)5)87-64(109)46(25-34(2)3)88-67(112)49(28-56(102)103)89-69(114)51(31-98)92-66(111)48(27-39-29-82-41-16-11-10-15-40(39)41)90-72(117)58(38(8)99)96-71(116)53(33-121)94-63(108)45(20-22-55(78)101)86-60(105)42(17-12-13-23-75)84-62(107)44(19-21-54(77)100)83-59(104)37(7)76/h10-11,15-16,29,34-38,42-53,57-58,82,97-99,120-121H,9,12-14,17-28,30-33,75-76H2,1-8H3,(H2,77,100)(H2,78,101)(H,83,104)(H,84,107)(H,85,113)(H,86,105)(H,87,109)(H,88,112)(H,89,114)(H,90,117)(H,91,110)(H,92,111)(H,93,106)(H,94,108)(H,95,115)(H,96,116)(H,102,103)(H,118,119)(H4,79,80,81)/t36-,37-,38+,42-,43-,44-,45-,46-,47-,48-,49-,50-,51-,52-,53-,57-,58-/m0/s1. The summed E-state index contributed by atoms with van der Waals surface area (Å²) in [6, 6.07) is -18.1. The van der Waals surface area contributed by atoms with Gasteiger partial charge in [-0.2, -0.15) is 25.3 Å². The Hall–Kier alpha value is -11.0. The number of aliphatic hydroxyl groups excluding tert-OH is 3. The van der Waals surface area contributed by atoms with E-state index >= 15 is 0 Å². The number of fused-ring (bicyclic) bond motifs is 1. The maximum Gasteiger partial charge on any atom is 0.326 e. The van der Waals surface area contributed by atoms with Crippen LogP contribution in [0.25, 0.3) is 10.9 Å². The van der Waals surface area contributed by atoms with Crippen LogP contribution in [0.2, 0.25) is 0 Å². The average Bonchev–Trinajstić information content (AvgIpc) is 1.68. The van der Waals surface area contributed by atoms with E-state index in [0.29, 0.717) is 29.3 Å². The topological polar surface area (TPSA) is 761 Å². The van der Waals surface area contributed by atoms with Crippen LogP contribution in [0.1, 0.15) is 144 Å². The number of nitrogens with zero attached hydrogens (tertiary/aromatic N) is 1. The minimum Gasteiger partial charge on any atom is -0.481 e. The van der Waals surface area contributed by atoms with E-state index in [1.807, 2.05) is 0 Å². The van der Waals surface area contributed by atoms with Gasteiger partial charge in [0.25, 0.3) is 0 Å². The minimum atomic E-state index is -2.11. The van der Waals surface area contributed by atoms with Crippen LogP contribution in [-0.4, -0.2) is 277 Å².